The molecule has 1 N–H and O–H groups in total. The first-order chi connectivity index (χ1) is 16.0. The maximum Gasteiger partial charge on any atom is 0.288 e. The summed E-state index contributed by atoms with van der Waals surface area (Å²) in [6, 6.07) is 3.98. The largest absolute Gasteiger partial charge is 0.356 e. The molecule has 1 amide bonds. The Balaban J connectivity index is 1.50. The van der Waals surface area contributed by atoms with Crippen molar-refractivity contribution in [3.63, 3.8) is 0 Å². The van der Waals surface area contributed by atoms with E-state index in [-0.39, 0.29) is 22.8 Å². The highest BCUT2D eigenvalue weighted by molar-refractivity contribution is 7.99. The second-order valence-corrected chi connectivity index (χ2v) is 9.13. The van der Waals surface area contributed by atoms with Crippen molar-refractivity contribution in [2.24, 2.45) is 0 Å². The van der Waals surface area contributed by atoms with E-state index in [2.05, 4.69) is 22.2 Å². The standard InChI is InChI=1S/C21H24ClN7O3S/c1-2-11-33-21-25-18(27-8-3-4-9-27)15-13-24-28(19(15)26-21)10-7-23-20(30)14-5-6-16(22)17(12-14)29(31)32/h5-6,12-13H,2-4,7-11H2,1H3,(H,23,30). The third-order valence-electron chi connectivity index (χ3n) is 5.31. The van der Waals surface area contributed by atoms with Crippen LogP contribution in [0, 0.1) is 10.1 Å². The average Bonchev–Trinajstić information content (AvgIpc) is 3.48. The topological polar surface area (TPSA) is 119 Å². The van der Waals surface area contributed by atoms with Crippen LogP contribution in [-0.2, 0) is 6.54 Å². The Kier molecular flexibility index (Phi) is 7.29. The van der Waals surface area contributed by atoms with Crippen LogP contribution in [-0.4, -0.2) is 56.0 Å². The van der Waals surface area contributed by atoms with Crippen LogP contribution in [0.1, 0.15) is 36.5 Å². The van der Waals surface area contributed by atoms with Crippen molar-refractivity contribution in [3.05, 3.63) is 45.1 Å². The van der Waals surface area contributed by atoms with Crippen LogP contribution in [0.25, 0.3) is 11.0 Å². The average molecular weight is 490 g/mol. The SMILES string of the molecule is CCCSc1nc(N2CCCC2)c2cnn(CCNC(=O)c3ccc(Cl)c([N+](=O)[O-])c3)c2n1. The van der Waals surface area contributed by atoms with E-state index >= 15 is 0 Å². The quantitative estimate of drug-likeness (QED) is 0.208. The first kappa shape index (κ1) is 23.2. The fourth-order valence-corrected chi connectivity index (χ4v) is 4.56. The predicted molar refractivity (Wildman–Crippen MR) is 128 cm³/mol. The van der Waals surface area contributed by atoms with Gasteiger partial charge in [-0.15, -0.1) is 0 Å². The van der Waals surface area contributed by atoms with Gasteiger partial charge in [-0.25, -0.2) is 14.6 Å². The van der Waals surface area contributed by atoms with Crippen molar-refractivity contribution in [2.75, 3.05) is 30.3 Å². The summed E-state index contributed by atoms with van der Waals surface area (Å²) in [5.41, 5.74) is 0.612. The number of carbonyl (C=O) groups excluding carboxylic acids is 1. The molecule has 0 unspecified atom stereocenters. The molecule has 0 atom stereocenters. The van der Waals surface area contributed by atoms with Crippen LogP contribution in [0.5, 0.6) is 0 Å². The molecule has 0 bridgehead atoms. The lowest BCUT2D eigenvalue weighted by Crippen LogP contribution is -2.27. The Morgan fingerprint density at radius 2 is 2.09 bits per heavy atom. The first-order valence-electron chi connectivity index (χ1n) is 10.8. The van der Waals surface area contributed by atoms with E-state index < -0.39 is 10.8 Å². The summed E-state index contributed by atoms with van der Waals surface area (Å²) in [5, 5.41) is 20.0. The molecule has 3 heterocycles. The zero-order valence-corrected chi connectivity index (χ0v) is 19.7. The predicted octanol–water partition coefficient (Wildman–Crippen LogP) is 3.92. The molecule has 3 aromatic rings. The molecule has 174 valence electrons. The molecule has 1 saturated heterocycles. The fraction of sp³-hybridized carbons (Fsp3) is 0.429. The maximum absolute atomic E-state index is 12.5. The van der Waals surface area contributed by atoms with Gasteiger partial charge < -0.3 is 10.2 Å². The molecule has 0 spiro atoms. The number of halogens is 1. The summed E-state index contributed by atoms with van der Waals surface area (Å²) in [6.07, 6.45) is 5.10. The van der Waals surface area contributed by atoms with E-state index in [1.807, 2.05) is 0 Å². The minimum Gasteiger partial charge on any atom is -0.356 e. The number of fused-ring (bicyclic) bond motifs is 1. The van der Waals surface area contributed by atoms with E-state index in [4.69, 9.17) is 21.6 Å². The van der Waals surface area contributed by atoms with Crippen molar-refractivity contribution in [1.29, 1.82) is 0 Å². The zero-order valence-electron chi connectivity index (χ0n) is 18.2. The molecule has 1 aliphatic heterocycles. The molecular formula is C21H24ClN7O3S. The van der Waals surface area contributed by atoms with Gasteiger partial charge in [-0.1, -0.05) is 30.3 Å². The Bertz CT molecular complexity index is 1180. The number of carbonyl (C=O) groups is 1. The van der Waals surface area contributed by atoms with Crippen LogP contribution in [0.2, 0.25) is 5.02 Å². The molecule has 4 rings (SSSR count). The van der Waals surface area contributed by atoms with Crippen molar-refractivity contribution in [3.8, 4) is 0 Å². The van der Waals surface area contributed by atoms with E-state index in [1.54, 1.807) is 22.6 Å². The first-order valence-corrected chi connectivity index (χ1v) is 12.2. The van der Waals surface area contributed by atoms with Gasteiger partial charge in [0.25, 0.3) is 11.6 Å². The van der Waals surface area contributed by atoms with Crippen LogP contribution < -0.4 is 10.2 Å². The smallest absolute Gasteiger partial charge is 0.288 e. The highest BCUT2D eigenvalue weighted by Gasteiger charge is 2.21. The van der Waals surface area contributed by atoms with Crippen molar-refractivity contribution in [2.45, 2.75) is 37.9 Å². The lowest BCUT2D eigenvalue weighted by Gasteiger charge is -2.18. The fourth-order valence-electron chi connectivity index (χ4n) is 3.68. The van der Waals surface area contributed by atoms with E-state index in [9.17, 15) is 14.9 Å². The summed E-state index contributed by atoms with van der Waals surface area (Å²) in [4.78, 5) is 34.7. The molecule has 2 aromatic heterocycles. The van der Waals surface area contributed by atoms with Crippen molar-refractivity contribution < 1.29 is 9.72 Å². The van der Waals surface area contributed by atoms with Crippen LogP contribution in [0.3, 0.4) is 0 Å². The lowest BCUT2D eigenvalue weighted by molar-refractivity contribution is -0.384. The third-order valence-corrected chi connectivity index (χ3v) is 6.68. The summed E-state index contributed by atoms with van der Waals surface area (Å²) < 4.78 is 1.76. The Hall–Kier alpha value is -2.92. The molecule has 1 aromatic carbocycles. The van der Waals surface area contributed by atoms with E-state index in [0.29, 0.717) is 6.54 Å². The number of hydrogen-bond acceptors (Lipinski definition) is 8. The van der Waals surface area contributed by atoms with E-state index in [1.165, 1.54) is 18.2 Å². The number of amides is 1. The number of benzene rings is 1. The zero-order chi connectivity index (χ0) is 23.4. The van der Waals surface area contributed by atoms with Gasteiger partial charge in [0.15, 0.2) is 10.8 Å². The Labute approximate surface area is 199 Å². The van der Waals surface area contributed by atoms with E-state index in [0.717, 1.165) is 60.1 Å². The molecule has 0 saturated carbocycles. The maximum atomic E-state index is 12.5. The highest BCUT2D eigenvalue weighted by Crippen LogP contribution is 2.29. The number of nitro benzene ring substituents is 1. The normalized spacial score (nSPS) is 13.6. The Morgan fingerprint density at radius 3 is 2.82 bits per heavy atom. The summed E-state index contributed by atoms with van der Waals surface area (Å²) in [6.45, 7) is 4.75. The third kappa shape index (κ3) is 5.19. The van der Waals surface area contributed by atoms with Gasteiger partial charge in [0.05, 0.1) is 23.1 Å². The summed E-state index contributed by atoms with van der Waals surface area (Å²) in [5.74, 6) is 1.43. The molecule has 10 nitrogen and oxygen atoms in total. The molecule has 12 heteroatoms. The number of hydrogen-bond donors (Lipinski definition) is 1. The second-order valence-electron chi connectivity index (χ2n) is 7.66. The number of nitro groups is 1. The molecule has 1 aliphatic rings. The summed E-state index contributed by atoms with van der Waals surface area (Å²) in [7, 11) is 0. The van der Waals surface area contributed by atoms with Gasteiger partial charge in [-0.3, -0.25) is 14.9 Å². The van der Waals surface area contributed by atoms with Crippen LogP contribution in [0.15, 0.2) is 29.6 Å². The van der Waals surface area contributed by atoms with Crippen LogP contribution in [0.4, 0.5) is 11.5 Å². The minimum absolute atomic E-state index is 0.00945. The molecule has 33 heavy (non-hydrogen) atoms. The van der Waals surface area contributed by atoms with Gasteiger partial charge in [0.1, 0.15) is 10.8 Å². The molecular weight excluding hydrogens is 466 g/mol. The highest BCUT2D eigenvalue weighted by atomic mass is 35.5. The number of nitrogens with zero attached hydrogens (tertiary/aromatic N) is 6. The number of rotatable bonds is 9. The second kappa shape index (κ2) is 10.3. The molecule has 0 radical (unpaired) electrons. The number of anilines is 1. The summed E-state index contributed by atoms with van der Waals surface area (Å²) >= 11 is 7.45. The van der Waals surface area contributed by atoms with Gasteiger partial charge >= 0.3 is 0 Å². The van der Waals surface area contributed by atoms with Gasteiger partial charge in [0, 0.05) is 37.0 Å². The van der Waals surface area contributed by atoms with Gasteiger partial charge in [0.2, 0.25) is 0 Å². The number of thioether (sulfide) groups is 1. The Morgan fingerprint density at radius 1 is 1.30 bits per heavy atom. The number of nitrogens with one attached hydrogen (secondary N) is 1. The minimum atomic E-state index is -0.610. The number of aromatic nitrogens is 4. The molecule has 0 aliphatic carbocycles. The molecule has 1 fully saturated rings. The van der Waals surface area contributed by atoms with Crippen molar-refractivity contribution >= 4 is 51.8 Å². The monoisotopic (exact) mass is 489 g/mol. The van der Waals surface area contributed by atoms with Crippen LogP contribution >= 0.6 is 23.4 Å². The van der Waals surface area contributed by atoms with Gasteiger partial charge in [-0.05, 0) is 31.4 Å². The van der Waals surface area contributed by atoms with Crippen molar-refractivity contribution in [1.82, 2.24) is 25.1 Å². The van der Waals surface area contributed by atoms with Gasteiger partial charge in [-0.2, -0.15) is 5.10 Å². The lowest BCUT2D eigenvalue weighted by atomic mass is 10.2.